The van der Waals surface area contributed by atoms with Crippen molar-refractivity contribution in [2.45, 2.75) is 51.7 Å². The molecule has 1 N–H and O–H groups in total. The van der Waals surface area contributed by atoms with E-state index in [0.717, 1.165) is 12.8 Å². The lowest BCUT2D eigenvalue weighted by atomic mass is 10.0. The van der Waals surface area contributed by atoms with Crippen LogP contribution in [0.5, 0.6) is 0 Å². The molecule has 7 nitrogen and oxygen atoms in total. The molecule has 0 aromatic heterocycles. The van der Waals surface area contributed by atoms with Gasteiger partial charge in [0, 0.05) is 19.1 Å². The van der Waals surface area contributed by atoms with Crippen molar-refractivity contribution in [2.75, 3.05) is 24.6 Å². The highest BCUT2D eigenvalue weighted by Crippen LogP contribution is 2.28. The molecule has 1 saturated carbocycles. The molecule has 23 heavy (non-hydrogen) atoms. The Balaban J connectivity index is 1.93. The molecule has 0 bridgehead atoms. The Morgan fingerprint density at radius 2 is 1.74 bits per heavy atom. The van der Waals surface area contributed by atoms with Crippen molar-refractivity contribution >= 4 is 21.8 Å². The summed E-state index contributed by atoms with van der Waals surface area (Å²) in [4.78, 5) is 26.1. The molecule has 1 aliphatic carbocycles. The van der Waals surface area contributed by atoms with Gasteiger partial charge in [-0.2, -0.15) is 0 Å². The monoisotopic (exact) mass is 346 g/mol. The first-order valence-electron chi connectivity index (χ1n) is 8.06. The average molecular weight is 346 g/mol. The van der Waals surface area contributed by atoms with Crippen LogP contribution in [0.2, 0.25) is 0 Å². The predicted molar refractivity (Wildman–Crippen MR) is 85.7 cm³/mol. The highest BCUT2D eigenvalue weighted by atomic mass is 32.2. The second kappa shape index (κ2) is 6.67. The van der Waals surface area contributed by atoms with Crippen LogP contribution in [0, 0.1) is 5.92 Å². The Bertz CT molecular complexity index is 553. The molecule has 132 valence electrons. The Hall–Kier alpha value is -1.31. The van der Waals surface area contributed by atoms with Crippen molar-refractivity contribution in [3.8, 4) is 0 Å². The molecule has 2 aliphatic rings. The van der Waals surface area contributed by atoms with Crippen LogP contribution in [0.4, 0.5) is 4.79 Å². The van der Waals surface area contributed by atoms with Crippen molar-refractivity contribution < 1.29 is 22.7 Å². The Morgan fingerprint density at radius 3 is 2.30 bits per heavy atom. The number of alkyl carbamates (subject to hydrolysis) is 1. The third-order valence-electron chi connectivity index (χ3n) is 4.19. The minimum Gasteiger partial charge on any atom is -0.444 e. The quantitative estimate of drug-likeness (QED) is 0.803. The average Bonchev–Trinajstić information content (AvgIpc) is 2.83. The van der Waals surface area contributed by atoms with Gasteiger partial charge in [0.05, 0.1) is 17.4 Å². The number of rotatable bonds is 2. The van der Waals surface area contributed by atoms with Crippen molar-refractivity contribution in [3.63, 3.8) is 0 Å². The first-order chi connectivity index (χ1) is 10.6. The van der Waals surface area contributed by atoms with Gasteiger partial charge in [0.1, 0.15) is 5.60 Å². The van der Waals surface area contributed by atoms with E-state index in [2.05, 4.69) is 5.32 Å². The van der Waals surface area contributed by atoms with Gasteiger partial charge in [-0.15, -0.1) is 0 Å². The second-order valence-corrected chi connectivity index (χ2v) is 9.57. The molecule has 2 fully saturated rings. The molecular formula is C15H26N2O5S. The molecule has 0 unspecified atom stereocenters. The van der Waals surface area contributed by atoms with Gasteiger partial charge in [0.25, 0.3) is 0 Å². The van der Waals surface area contributed by atoms with Crippen LogP contribution in [0.25, 0.3) is 0 Å². The molecule has 1 aliphatic heterocycles. The van der Waals surface area contributed by atoms with Crippen molar-refractivity contribution in [2.24, 2.45) is 5.92 Å². The molecular weight excluding hydrogens is 320 g/mol. The summed E-state index contributed by atoms with van der Waals surface area (Å²) in [5.41, 5.74) is -0.580. The third kappa shape index (κ3) is 5.09. The number of sulfone groups is 1. The first-order valence-corrected chi connectivity index (χ1v) is 9.88. The normalized spacial score (nSPS) is 27.5. The van der Waals surface area contributed by atoms with Crippen LogP contribution in [0.1, 0.15) is 40.0 Å². The highest BCUT2D eigenvalue weighted by Gasteiger charge is 2.38. The lowest BCUT2D eigenvalue weighted by Gasteiger charge is -2.31. The zero-order valence-electron chi connectivity index (χ0n) is 14.0. The minimum atomic E-state index is -3.01. The van der Waals surface area contributed by atoms with Gasteiger partial charge >= 0.3 is 6.09 Å². The highest BCUT2D eigenvalue weighted by molar-refractivity contribution is 7.91. The fourth-order valence-corrected chi connectivity index (χ4v) is 4.26. The van der Waals surface area contributed by atoms with Crippen molar-refractivity contribution in [3.05, 3.63) is 0 Å². The summed E-state index contributed by atoms with van der Waals surface area (Å²) in [5.74, 6) is -0.299. The minimum absolute atomic E-state index is 0.0234. The number of nitrogens with zero attached hydrogens (tertiary/aromatic N) is 1. The van der Waals surface area contributed by atoms with Crippen LogP contribution in [0.3, 0.4) is 0 Å². The molecule has 0 radical (unpaired) electrons. The molecule has 2 amide bonds. The maximum Gasteiger partial charge on any atom is 0.407 e. The number of carbonyl (C=O) groups excluding carboxylic acids is 2. The van der Waals surface area contributed by atoms with E-state index in [1.807, 2.05) is 0 Å². The fourth-order valence-electron chi connectivity index (χ4n) is 3.05. The lowest BCUT2D eigenvalue weighted by molar-refractivity contribution is -0.135. The molecule has 2 rings (SSSR count). The van der Waals surface area contributed by atoms with Gasteiger partial charge in [0.2, 0.25) is 5.91 Å². The molecule has 2 atom stereocenters. The lowest BCUT2D eigenvalue weighted by Crippen LogP contribution is -2.50. The van der Waals surface area contributed by atoms with Crippen LogP contribution >= 0.6 is 0 Å². The number of ether oxygens (including phenoxy) is 1. The van der Waals surface area contributed by atoms with Gasteiger partial charge in [-0.05, 0) is 33.6 Å². The van der Waals surface area contributed by atoms with E-state index in [9.17, 15) is 18.0 Å². The van der Waals surface area contributed by atoms with Crippen molar-refractivity contribution in [1.29, 1.82) is 0 Å². The van der Waals surface area contributed by atoms with E-state index in [1.54, 1.807) is 25.7 Å². The summed E-state index contributed by atoms with van der Waals surface area (Å²) in [6.07, 6.45) is 1.80. The molecule has 1 heterocycles. The largest absolute Gasteiger partial charge is 0.444 e. The number of amides is 2. The van der Waals surface area contributed by atoms with E-state index in [-0.39, 0.29) is 42.5 Å². The molecule has 0 aromatic rings. The van der Waals surface area contributed by atoms with Crippen LogP contribution in [-0.4, -0.2) is 61.6 Å². The Kier molecular flexibility index (Phi) is 5.23. The van der Waals surface area contributed by atoms with Crippen LogP contribution < -0.4 is 5.32 Å². The van der Waals surface area contributed by atoms with Gasteiger partial charge < -0.3 is 15.0 Å². The topological polar surface area (TPSA) is 92.8 Å². The maximum atomic E-state index is 12.6. The van der Waals surface area contributed by atoms with Crippen LogP contribution in [0.15, 0.2) is 0 Å². The number of hydrogen-bond acceptors (Lipinski definition) is 5. The van der Waals surface area contributed by atoms with Crippen LogP contribution in [-0.2, 0) is 19.4 Å². The summed E-state index contributed by atoms with van der Waals surface area (Å²) in [6, 6.07) is -0.240. The van der Waals surface area contributed by atoms with E-state index in [1.165, 1.54) is 0 Å². The van der Waals surface area contributed by atoms with E-state index in [4.69, 9.17) is 4.74 Å². The van der Waals surface area contributed by atoms with Crippen molar-refractivity contribution in [1.82, 2.24) is 10.2 Å². The predicted octanol–water partition coefficient (Wildman–Crippen LogP) is 0.937. The number of hydrogen-bond donors (Lipinski definition) is 1. The standard InChI is InChI=1S/C15H26N2O5S/c1-15(2,3)22-14(19)16-12-6-4-5-11(12)13(18)17-7-9-23(20,21)10-8-17/h11-12H,4-10H2,1-3H3,(H,16,19)/t11-,12+/m1/s1. The fraction of sp³-hybridized carbons (Fsp3) is 0.867. The molecule has 8 heteroatoms. The zero-order valence-corrected chi connectivity index (χ0v) is 14.8. The Labute approximate surface area is 137 Å². The first kappa shape index (κ1) is 18.0. The second-order valence-electron chi connectivity index (χ2n) is 7.27. The van der Waals surface area contributed by atoms with Gasteiger partial charge in [-0.25, -0.2) is 13.2 Å². The van der Waals surface area contributed by atoms with Gasteiger partial charge in [-0.3, -0.25) is 4.79 Å². The molecule has 0 aromatic carbocycles. The molecule has 0 spiro atoms. The van der Waals surface area contributed by atoms with E-state index < -0.39 is 21.5 Å². The summed E-state index contributed by atoms with van der Waals surface area (Å²) >= 11 is 0. The summed E-state index contributed by atoms with van der Waals surface area (Å²) in [6.45, 7) is 5.86. The Morgan fingerprint density at radius 1 is 1.13 bits per heavy atom. The summed E-state index contributed by atoms with van der Waals surface area (Å²) in [5, 5.41) is 2.79. The number of carbonyl (C=O) groups is 2. The SMILES string of the molecule is CC(C)(C)OC(=O)N[C@H]1CCC[C@H]1C(=O)N1CCS(=O)(=O)CC1. The van der Waals surface area contributed by atoms with Gasteiger partial charge in [-0.1, -0.05) is 6.42 Å². The van der Waals surface area contributed by atoms with Gasteiger partial charge in [0.15, 0.2) is 9.84 Å². The zero-order chi connectivity index (χ0) is 17.3. The summed E-state index contributed by atoms with van der Waals surface area (Å²) < 4.78 is 28.2. The maximum absolute atomic E-state index is 12.6. The molecule has 1 saturated heterocycles. The number of nitrogens with one attached hydrogen (secondary N) is 1. The summed E-state index contributed by atoms with van der Waals surface area (Å²) in [7, 11) is -3.01. The van der Waals surface area contributed by atoms with E-state index >= 15 is 0 Å². The third-order valence-corrected chi connectivity index (χ3v) is 5.80. The van der Waals surface area contributed by atoms with E-state index in [0.29, 0.717) is 6.42 Å². The smallest absolute Gasteiger partial charge is 0.407 e.